The van der Waals surface area contributed by atoms with Crippen LogP contribution in [0.1, 0.15) is 22.5 Å². The number of benzene rings is 1. The molecule has 3 rings (SSSR count). The van der Waals surface area contributed by atoms with Gasteiger partial charge in [-0.15, -0.1) is 11.3 Å². The second-order valence-corrected chi connectivity index (χ2v) is 5.68. The maximum absolute atomic E-state index is 5.78. The van der Waals surface area contributed by atoms with Crippen molar-refractivity contribution >= 4 is 21.4 Å². The summed E-state index contributed by atoms with van der Waals surface area (Å²) in [6.07, 6.45) is 0. The molecule has 0 radical (unpaired) electrons. The van der Waals surface area contributed by atoms with Crippen molar-refractivity contribution in [2.45, 2.75) is 26.9 Å². The van der Waals surface area contributed by atoms with Crippen molar-refractivity contribution in [1.29, 1.82) is 0 Å². The topological polar surface area (TPSA) is 43.8 Å². The van der Waals surface area contributed by atoms with Crippen molar-refractivity contribution < 1.29 is 0 Å². The third kappa shape index (κ3) is 2.07. The molecule has 0 saturated heterocycles. The Bertz CT molecular complexity index is 724. The Morgan fingerprint density at radius 1 is 1.26 bits per heavy atom. The first-order valence-electron chi connectivity index (χ1n) is 6.38. The Labute approximate surface area is 116 Å². The summed E-state index contributed by atoms with van der Waals surface area (Å²) in [4.78, 5) is 0. The summed E-state index contributed by atoms with van der Waals surface area (Å²) in [5.41, 5.74) is 10.5. The highest BCUT2D eigenvalue weighted by atomic mass is 32.1. The molecule has 2 N–H and O–H groups in total. The van der Waals surface area contributed by atoms with E-state index < -0.39 is 0 Å². The van der Waals surface area contributed by atoms with Gasteiger partial charge < -0.3 is 5.73 Å². The summed E-state index contributed by atoms with van der Waals surface area (Å²) in [7, 11) is 0. The molecule has 0 aliphatic carbocycles. The molecule has 0 unspecified atom stereocenters. The Hall–Kier alpha value is -1.65. The van der Waals surface area contributed by atoms with Crippen molar-refractivity contribution in [3.05, 3.63) is 52.2 Å². The summed E-state index contributed by atoms with van der Waals surface area (Å²) >= 11 is 1.79. The minimum Gasteiger partial charge on any atom is -0.326 e. The van der Waals surface area contributed by atoms with Crippen molar-refractivity contribution in [3.63, 3.8) is 0 Å². The molecule has 0 amide bonds. The van der Waals surface area contributed by atoms with Gasteiger partial charge in [0.1, 0.15) is 0 Å². The number of nitrogens with two attached hydrogens (primary N) is 1. The zero-order valence-corrected chi connectivity index (χ0v) is 12.0. The minimum atomic E-state index is 0.558. The fraction of sp³-hybridized carbons (Fsp3) is 0.267. The van der Waals surface area contributed by atoms with Crippen LogP contribution in [0.15, 0.2) is 29.6 Å². The first-order valence-corrected chi connectivity index (χ1v) is 7.26. The number of aryl methyl sites for hydroxylation is 1. The Morgan fingerprint density at radius 3 is 2.79 bits per heavy atom. The summed E-state index contributed by atoms with van der Waals surface area (Å²) in [5.74, 6) is 0. The van der Waals surface area contributed by atoms with Crippen LogP contribution in [-0.4, -0.2) is 9.78 Å². The third-order valence-electron chi connectivity index (χ3n) is 3.62. The average Bonchev–Trinajstić information content (AvgIpc) is 2.93. The van der Waals surface area contributed by atoms with E-state index >= 15 is 0 Å². The van der Waals surface area contributed by atoms with Gasteiger partial charge in [0, 0.05) is 22.5 Å². The lowest BCUT2D eigenvalue weighted by molar-refractivity contribution is 0.662. The summed E-state index contributed by atoms with van der Waals surface area (Å²) in [6.45, 7) is 5.49. The van der Waals surface area contributed by atoms with Crippen molar-refractivity contribution in [3.8, 4) is 0 Å². The van der Waals surface area contributed by atoms with Gasteiger partial charge in [0.2, 0.25) is 0 Å². The zero-order chi connectivity index (χ0) is 13.4. The van der Waals surface area contributed by atoms with Gasteiger partial charge in [-0.2, -0.15) is 5.10 Å². The van der Waals surface area contributed by atoms with Crippen LogP contribution in [-0.2, 0) is 13.1 Å². The monoisotopic (exact) mass is 271 g/mol. The van der Waals surface area contributed by atoms with Gasteiger partial charge >= 0.3 is 0 Å². The number of aromatic nitrogens is 2. The molecule has 19 heavy (non-hydrogen) atoms. The number of rotatable bonds is 3. The molecule has 0 spiro atoms. The predicted octanol–water partition coefficient (Wildman–Crippen LogP) is 3.22. The highest BCUT2D eigenvalue weighted by Crippen LogP contribution is 2.26. The van der Waals surface area contributed by atoms with E-state index in [2.05, 4.69) is 46.3 Å². The van der Waals surface area contributed by atoms with E-state index in [1.807, 2.05) is 6.92 Å². The molecule has 4 heteroatoms. The maximum Gasteiger partial charge on any atom is 0.0676 e. The Kier molecular flexibility index (Phi) is 3.12. The first kappa shape index (κ1) is 12.4. The highest BCUT2D eigenvalue weighted by Gasteiger charge is 2.11. The molecular weight excluding hydrogens is 254 g/mol. The smallest absolute Gasteiger partial charge is 0.0676 e. The van der Waals surface area contributed by atoms with Gasteiger partial charge in [-0.05, 0) is 36.2 Å². The van der Waals surface area contributed by atoms with Crippen LogP contribution in [0.3, 0.4) is 0 Å². The molecule has 3 nitrogen and oxygen atoms in total. The lowest BCUT2D eigenvalue weighted by Crippen LogP contribution is -2.05. The fourth-order valence-corrected chi connectivity index (χ4v) is 3.45. The average molecular weight is 271 g/mol. The maximum atomic E-state index is 5.78. The van der Waals surface area contributed by atoms with Crippen molar-refractivity contribution in [2.75, 3.05) is 0 Å². The van der Waals surface area contributed by atoms with Crippen LogP contribution in [0.5, 0.6) is 0 Å². The van der Waals surface area contributed by atoms with E-state index in [0.29, 0.717) is 6.54 Å². The molecule has 0 saturated carbocycles. The molecule has 0 bridgehead atoms. The number of hydrogen-bond acceptors (Lipinski definition) is 3. The standard InChI is InChI=1S/C15H17N3S/c1-10-14(7-16)11(2)18(17-10)8-12-9-19-15-6-4-3-5-13(12)15/h3-6,9H,7-8,16H2,1-2H3. The van der Waals surface area contributed by atoms with E-state index in [9.17, 15) is 0 Å². The molecule has 98 valence electrons. The van der Waals surface area contributed by atoms with Crippen LogP contribution in [0.4, 0.5) is 0 Å². The van der Waals surface area contributed by atoms with Crippen LogP contribution in [0.25, 0.3) is 10.1 Å². The molecule has 2 aromatic heterocycles. The Morgan fingerprint density at radius 2 is 2.05 bits per heavy atom. The van der Waals surface area contributed by atoms with Gasteiger partial charge in [-0.3, -0.25) is 4.68 Å². The summed E-state index contributed by atoms with van der Waals surface area (Å²) in [5, 5.41) is 8.16. The number of nitrogens with zero attached hydrogens (tertiary/aromatic N) is 2. The van der Waals surface area contributed by atoms with Crippen LogP contribution >= 0.6 is 11.3 Å². The van der Waals surface area contributed by atoms with Gasteiger partial charge in [-0.1, -0.05) is 18.2 Å². The largest absolute Gasteiger partial charge is 0.326 e. The minimum absolute atomic E-state index is 0.558. The van der Waals surface area contributed by atoms with E-state index in [-0.39, 0.29) is 0 Å². The van der Waals surface area contributed by atoms with E-state index in [1.165, 1.54) is 26.9 Å². The van der Waals surface area contributed by atoms with Gasteiger partial charge in [0.25, 0.3) is 0 Å². The van der Waals surface area contributed by atoms with E-state index in [0.717, 1.165) is 12.2 Å². The Balaban J connectivity index is 2.02. The third-order valence-corrected chi connectivity index (χ3v) is 4.63. The van der Waals surface area contributed by atoms with Gasteiger partial charge in [0.05, 0.1) is 12.2 Å². The lowest BCUT2D eigenvalue weighted by Gasteiger charge is -2.04. The highest BCUT2D eigenvalue weighted by molar-refractivity contribution is 7.17. The summed E-state index contributed by atoms with van der Waals surface area (Å²) in [6, 6.07) is 8.51. The number of hydrogen-bond donors (Lipinski definition) is 1. The molecule has 2 heterocycles. The number of fused-ring (bicyclic) bond motifs is 1. The first-order chi connectivity index (χ1) is 9.20. The molecule has 1 aromatic carbocycles. The molecule has 0 fully saturated rings. The van der Waals surface area contributed by atoms with E-state index in [1.54, 1.807) is 11.3 Å². The lowest BCUT2D eigenvalue weighted by atomic mass is 10.1. The van der Waals surface area contributed by atoms with Crippen LogP contribution in [0, 0.1) is 13.8 Å². The van der Waals surface area contributed by atoms with Crippen molar-refractivity contribution in [1.82, 2.24) is 9.78 Å². The summed E-state index contributed by atoms with van der Waals surface area (Å²) < 4.78 is 3.39. The fourth-order valence-electron chi connectivity index (χ4n) is 2.50. The molecular formula is C15H17N3S. The predicted molar refractivity (Wildman–Crippen MR) is 80.5 cm³/mol. The SMILES string of the molecule is Cc1nn(Cc2csc3ccccc23)c(C)c1CN. The van der Waals surface area contributed by atoms with Crippen molar-refractivity contribution in [2.24, 2.45) is 5.73 Å². The second-order valence-electron chi connectivity index (χ2n) is 4.77. The van der Waals surface area contributed by atoms with Crippen LogP contribution < -0.4 is 5.73 Å². The second kappa shape index (κ2) is 4.79. The van der Waals surface area contributed by atoms with Crippen LogP contribution in [0.2, 0.25) is 0 Å². The van der Waals surface area contributed by atoms with Gasteiger partial charge in [-0.25, -0.2) is 0 Å². The van der Waals surface area contributed by atoms with E-state index in [4.69, 9.17) is 5.73 Å². The molecule has 0 aliphatic heterocycles. The zero-order valence-electron chi connectivity index (χ0n) is 11.2. The normalized spacial score (nSPS) is 11.3. The molecule has 0 atom stereocenters. The number of thiophene rings is 1. The van der Waals surface area contributed by atoms with Gasteiger partial charge in [0.15, 0.2) is 0 Å². The molecule has 0 aliphatic rings. The quantitative estimate of drug-likeness (QED) is 0.795. The molecule has 3 aromatic rings.